The Bertz CT molecular complexity index is 338. The molecule has 1 atom stereocenters. The van der Waals surface area contributed by atoms with Gasteiger partial charge in [-0.15, -0.1) is 0 Å². The number of rotatable bonds is 3. The predicted octanol–water partition coefficient (Wildman–Crippen LogP) is 1.22. The maximum atomic E-state index is 12.5. The van der Waals surface area contributed by atoms with Gasteiger partial charge in [-0.2, -0.15) is 0 Å². The second kappa shape index (κ2) is 6.37. The fourth-order valence-electron chi connectivity index (χ4n) is 3.33. The van der Waals surface area contributed by atoms with Crippen LogP contribution in [0, 0.1) is 11.8 Å². The minimum atomic E-state index is -0.858. The molecule has 0 aromatic rings. The summed E-state index contributed by atoms with van der Waals surface area (Å²) in [4.78, 5) is 25.3. The fraction of sp³-hybridized carbons (Fsp3) is 0.857. The minimum Gasteiger partial charge on any atom is -0.480 e. The molecule has 108 valence electrons. The van der Waals surface area contributed by atoms with E-state index in [2.05, 4.69) is 0 Å². The van der Waals surface area contributed by atoms with Crippen LogP contribution in [0.4, 0.5) is 0 Å². The second-order valence-corrected chi connectivity index (χ2v) is 5.83. The van der Waals surface area contributed by atoms with Crippen molar-refractivity contribution in [1.82, 2.24) is 4.90 Å². The molecular weight excluding hydrogens is 244 g/mol. The molecule has 1 amide bonds. The molecule has 0 spiro atoms. The highest BCUT2D eigenvalue weighted by molar-refractivity contribution is 5.85. The van der Waals surface area contributed by atoms with Gasteiger partial charge in [0.2, 0.25) is 5.91 Å². The van der Waals surface area contributed by atoms with Gasteiger partial charge in [0.25, 0.3) is 0 Å². The lowest BCUT2D eigenvalue weighted by Crippen LogP contribution is -2.50. The Morgan fingerprint density at radius 2 is 1.79 bits per heavy atom. The van der Waals surface area contributed by atoms with E-state index in [0.29, 0.717) is 25.4 Å². The molecule has 0 aromatic heterocycles. The lowest BCUT2D eigenvalue weighted by atomic mass is 9.81. The smallest absolute Gasteiger partial charge is 0.326 e. The van der Waals surface area contributed by atoms with Crippen LogP contribution >= 0.6 is 0 Å². The molecule has 1 aliphatic carbocycles. The molecule has 5 nitrogen and oxygen atoms in total. The molecule has 5 heteroatoms. The quantitative estimate of drug-likeness (QED) is 0.806. The summed E-state index contributed by atoms with van der Waals surface area (Å²) in [7, 11) is 0. The van der Waals surface area contributed by atoms with Crippen molar-refractivity contribution in [2.24, 2.45) is 17.6 Å². The molecule has 2 fully saturated rings. The maximum absolute atomic E-state index is 12.5. The standard InChI is InChI=1S/C14H24N2O3/c15-9-10-4-6-11(7-5-10)13(17)16-8-2-1-3-12(16)14(18)19/h10-12H,1-9,15H2,(H,18,19). The van der Waals surface area contributed by atoms with E-state index in [9.17, 15) is 14.7 Å². The molecule has 19 heavy (non-hydrogen) atoms. The van der Waals surface area contributed by atoms with Gasteiger partial charge in [0, 0.05) is 12.5 Å². The first kappa shape index (κ1) is 14.3. The summed E-state index contributed by atoms with van der Waals surface area (Å²) in [6.07, 6.45) is 6.15. The molecule has 1 aliphatic heterocycles. The lowest BCUT2D eigenvalue weighted by Gasteiger charge is -2.37. The summed E-state index contributed by atoms with van der Waals surface area (Å²) in [6.45, 7) is 1.30. The van der Waals surface area contributed by atoms with Crippen LogP contribution in [0.15, 0.2) is 0 Å². The molecule has 1 saturated heterocycles. The lowest BCUT2D eigenvalue weighted by molar-refractivity contribution is -0.154. The third-order valence-electron chi connectivity index (χ3n) is 4.60. The van der Waals surface area contributed by atoms with Gasteiger partial charge in [-0.1, -0.05) is 0 Å². The first-order chi connectivity index (χ1) is 9.13. The number of carboxylic acids is 1. The first-order valence-corrected chi connectivity index (χ1v) is 7.36. The summed E-state index contributed by atoms with van der Waals surface area (Å²) >= 11 is 0. The topological polar surface area (TPSA) is 83.6 Å². The van der Waals surface area contributed by atoms with Crippen LogP contribution in [0.5, 0.6) is 0 Å². The first-order valence-electron chi connectivity index (χ1n) is 7.36. The molecule has 1 heterocycles. The van der Waals surface area contributed by atoms with E-state index in [1.807, 2.05) is 0 Å². The summed E-state index contributed by atoms with van der Waals surface area (Å²) in [5.74, 6) is -0.241. The molecule has 0 aromatic carbocycles. The molecule has 3 N–H and O–H groups in total. The average molecular weight is 268 g/mol. The number of nitrogens with zero attached hydrogens (tertiary/aromatic N) is 1. The van der Waals surface area contributed by atoms with Crippen molar-refractivity contribution in [3.63, 3.8) is 0 Å². The Balaban J connectivity index is 1.96. The number of nitrogens with two attached hydrogens (primary N) is 1. The largest absolute Gasteiger partial charge is 0.480 e. The zero-order valence-corrected chi connectivity index (χ0v) is 11.4. The Hall–Kier alpha value is -1.10. The Morgan fingerprint density at radius 3 is 2.37 bits per heavy atom. The highest BCUT2D eigenvalue weighted by Gasteiger charge is 2.36. The molecule has 2 rings (SSSR count). The van der Waals surface area contributed by atoms with Crippen molar-refractivity contribution in [2.75, 3.05) is 13.1 Å². The summed E-state index contributed by atoms with van der Waals surface area (Å²) in [5, 5.41) is 9.23. The van der Waals surface area contributed by atoms with Crippen molar-refractivity contribution >= 4 is 11.9 Å². The normalized spacial score (nSPS) is 32.1. The molecule has 0 radical (unpaired) electrons. The average Bonchev–Trinajstić information content (AvgIpc) is 2.46. The van der Waals surface area contributed by atoms with Crippen LogP contribution in [0.25, 0.3) is 0 Å². The SMILES string of the molecule is NCC1CCC(C(=O)N2CCCCC2C(=O)O)CC1. The van der Waals surface area contributed by atoms with Gasteiger partial charge in [-0.3, -0.25) is 4.79 Å². The molecule has 1 saturated carbocycles. The van der Waals surface area contributed by atoms with Crippen molar-refractivity contribution in [2.45, 2.75) is 51.0 Å². The number of piperidine rings is 1. The minimum absolute atomic E-state index is 0.0164. The van der Waals surface area contributed by atoms with Gasteiger partial charge >= 0.3 is 5.97 Å². The van der Waals surface area contributed by atoms with Crippen molar-refractivity contribution < 1.29 is 14.7 Å². The Morgan fingerprint density at radius 1 is 1.11 bits per heavy atom. The van der Waals surface area contributed by atoms with Crippen LogP contribution in [0.3, 0.4) is 0 Å². The van der Waals surface area contributed by atoms with Crippen LogP contribution < -0.4 is 5.73 Å². The zero-order chi connectivity index (χ0) is 13.8. The highest BCUT2D eigenvalue weighted by atomic mass is 16.4. The Kier molecular flexibility index (Phi) is 4.80. The third-order valence-corrected chi connectivity index (χ3v) is 4.60. The van der Waals surface area contributed by atoms with E-state index in [-0.39, 0.29) is 11.8 Å². The zero-order valence-electron chi connectivity index (χ0n) is 11.4. The predicted molar refractivity (Wildman–Crippen MR) is 71.5 cm³/mol. The number of hydrogen-bond acceptors (Lipinski definition) is 3. The monoisotopic (exact) mass is 268 g/mol. The molecular formula is C14H24N2O3. The van der Waals surface area contributed by atoms with Crippen molar-refractivity contribution in [3.8, 4) is 0 Å². The molecule has 2 aliphatic rings. The van der Waals surface area contributed by atoms with E-state index in [0.717, 1.165) is 38.5 Å². The van der Waals surface area contributed by atoms with E-state index in [1.54, 1.807) is 4.90 Å². The van der Waals surface area contributed by atoms with Crippen molar-refractivity contribution in [1.29, 1.82) is 0 Å². The van der Waals surface area contributed by atoms with Gasteiger partial charge in [0.15, 0.2) is 0 Å². The van der Waals surface area contributed by atoms with Crippen LogP contribution in [-0.2, 0) is 9.59 Å². The van der Waals surface area contributed by atoms with Crippen LogP contribution in [-0.4, -0.2) is 41.0 Å². The number of carbonyl (C=O) groups is 2. The molecule has 1 unspecified atom stereocenters. The van der Waals surface area contributed by atoms with Gasteiger partial charge in [-0.25, -0.2) is 4.79 Å². The number of likely N-dealkylation sites (tertiary alicyclic amines) is 1. The summed E-state index contributed by atoms with van der Waals surface area (Å²) < 4.78 is 0. The van der Waals surface area contributed by atoms with E-state index in [4.69, 9.17) is 5.73 Å². The third kappa shape index (κ3) is 3.26. The van der Waals surface area contributed by atoms with Crippen LogP contribution in [0.1, 0.15) is 44.9 Å². The van der Waals surface area contributed by atoms with Gasteiger partial charge in [0.1, 0.15) is 6.04 Å². The summed E-state index contributed by atoms with van der Waals surface area (Å²) in [6, 6.07) is -0.603. The number of hydrogen-bond donors (Lipinski definition) is 2. The highest BCUT2D eigenvalue weighted by Crippen LogP contribution is 2.31. The van der Waals surface area contributed by atoms with Crippen LogP contribution in [0.2, 0.25) is 0 Å². The van der Waals surface area contributed by atoms with E-state index < -0.39 is 12.0 Å². The second-order valence-electron chi connectivity index (χ2n) is 5.83. The van der Waals surface area contributed by atoms with Gasteiger partial charge < -0.3 is 15.7 Å². The fourth-order valence-corrected chi connectivity index (χ4v) is 3.33. The van der Waals surface area contributed by atoms with E-state index >= 15 is 0 Å². The summed E-state index contributed by atoms with van der Waals surface area (Å²) in [5.41, 5.74) is 5.66. The van der Waals surface area contributed by atoms with Crippen molar-refractivity contribution in [3.05, 3.63) is 0 Å². The van der Waals surface area contributed by atoms with E-state index in [1.165, 1.54) is 0 Å². The number of amides is 1. The maximum Gasteiger partial charge on any atom is 0.326 e. The molecule has 0 bridgehead atoms. The van der Waals surface area contributed by atoms with Gasteiger partial charge in [0.05, 0.1) is 0 Å². The Labute approximate surface area is 114 Å². The van der Waals surface area contributed by atoms with Gasteiger partial charge in [-0.05, 0) is 57.4 Å². The number of carbonyl (C=O) groups excluding carboxylic acids is 1. The number of aliphatic carboxylic acids is 1. The number of carboxylic acid groups (broad SMARTS) is 1.